The third-order valence-corrected chi connectivity index (χ3v) is 5.67. The fraction of sp³-hybridized carbons (Fsp3) is 0.933. The number of aliphatic hydroxyl groups excluding tert-OH is 1. The lowest BCUT2D eigenvalue weighted by atomic mass is 9.84. The average molecular weight is 279 g/mol. The smallest absolute Gasteiger partial charge is 0.139 e. The molecule has 0 aromatic rings. The summed E-state index contributed by atoms with van der Waals surface area (Å²) in [6.45, 7) is 5.07. The van der Waals surface area contributed by atoms with Crippen LogP contribution in [0.3, 0.4) is 0 Å². The van der Waals surface area contributed by atoms with E-state index in [1.807, 2.05) is 0 Å². The number of aliphatic hydroxyl groups is 1. The van der Waals surface area contributed by atoms with Gasteiger partial charge in [-0.25, -0.2) is 0 Å². The van der Waals surface area contributed by atoms with Crippen LogP contribution in [0.1, 0.15) is 39.5 Å². The first-order chi connectivity index (χ1) is 9.61. The Labute approximate surface area is 120 Å². The van der Waals surface area contributed by atoms with Crippen molar-refractivity contribution in [3.05, 3.63) is 10.4 Å². The quantitative estimate of drug-likeness (QED) is 0.350. The lowest BCUT2D eigenvalue weighted by molar-refractivity contribution is -0.125. The number of fused-ring (bicyclic) bond motifs is 1. The van der Waals surface area contributed by atoms with E-state index >= 15 is 0 Å². The highest BCUT2D eigenvalue weighted by molar-refractivity contribution is 5.87. The van der Waals surface area contributed by atoms with E-state index in [0.717, 1.165) is 25.7 Å². The SMILES string of the molecule is C[C@@H]1[C@@H](CO)C[C@H]2[C@H](C)[C@@H](CCCCN=[N+]=[N-])C(=O)[C@@H]12. The molecular formula is C15H25N3O2. The van der Waals surface area contributed by atoms with Crippen molar-refractivity contribution in [1.82, 2.24) is 0 Å². The number of ketones is 1. The van der Waals surface area contributed by atoms with Crippen molar-refractivity contribution in [3.8, 4) is 0 Å². The first-order valence-corrected chi connectivity index (χ1v) is 7.77. The first-order valence-electron chi connectivity index (χ1n) is 7.77. The van der Waals surface area contributed by atoms with Crippen LogP contribution in [0.15, 0.2) is 5.11 Å². The maximum absolute atomic E-state index is 12.6. The van der Waals surface area contributed by atoms with E-state index in [2.05, 4.69) is 23.9 Å². The van der Waals surface area contributed by atoms with Crippen molar-refractivity contribution in [2.24, 2.45) is 40.6 Å². The maximum atomic E-state index is 12.6. The van der Waals surface area contributed by atoms with E-state index < -0.39 is 0 Å². The van der Waals surface area contributed by atoms with Crippen LogP contribution in [0.25, 0.3) is 10.4 Å². The Hall–Kier alpha value is -1.06. The van der Waals surface area contributed by atoms with Crippen LogP contribution in [0.5, 0.6) is 0 Å². The summed E-state index contributed by atoms with van der Waals surface area (Å²) in [6, 6.07) is 0. The van der Waals surface area contributed by atoms with Gasteiger partial charge in [-0.15, -0.1) is 0 Å². The first kappa shape index (κ1) is 15.3. The number of carbonyl (C=O) groups is 1. The van der Waals surface area contributed by atoms with Crippen LogP contribution in [-0.4, -0.2) is 24.0 Å². The van der Waals surface area contributed by atoms with E-state index in [9.17, 15) is 9.90 Å². The zero-order valence-corrected chi connectivity index (χ0v) is 12.4. The zero-order chi connectivity index (χ0) is 14.7. The molecule has 0 spiro atoms. The van der Waals surface area contributed by atoms with Gasteiger partial charge in [0.05, 0.1) is 0 Å². The molecule has 0 saturated heterocycles. The summed E-state index contributed by atoms with van der Waals surface area (Å²) in [5.74, 6) is 2.32. The Bertz CT molecular complexity index is 406. The molecule has 2 saturated carbocycles. The molecule has 0 unspecified atom stereocenters. The van der Waals surface area contributed by atoms with Gasteiger partial charge in [0.15, 0.2) is 0 Å². The number of carbonyl (C=O) groups excluding carboxylic acids is 1. The molecule has 5 heteroatoms. The van der Waals surface area contributed by atoms with Crippen molar-refractivity contribution < 1.29 is 9.90 Å². The summed E-state index contributed by atoms with van der Waals surface area (Å²) in [5, 5.41) is 12.9. The van der Waals surface area contributed by atoms with Crippen LogP contribution in [0.2, 0.25) is 0 Å². The van der Waals surface area contributed by atoms with Crippen molar-refractivity contribution in [2.45, 2.75) is 39.5 Å². The number of unbranched alkanes of at least 4 members (excludes halogenated alkanes) is 1. The van der Waals surface area contributed by atoms with Crippen molar-refractivity contribution in [3.63, 3.8) is 0 Å². The Morgan fingerprint density at radius 3 is 2.70 bits per heavy atom. The lowest BCUT2D eigenvalue weighted by Gasteiger charge is -2.20. The second-order valence-corrected chi connectivity index (χ2v) is 6.55. The predicted molar refractivity (Wildman–Crippen MR) is 76.9 cm³/mol. The van der Waals surface area contributed by atoms with Gasteiger partial charge in [-0.05, 0) is 48.5 Å². The van der Waals surface area contributed by atoms with Gasteiger partial charge in [-0.2, -0.15) is 0 Å². The van der Waals surface area contributed by atoms with Crippen LogP contribution in [0, 0.1) is 35.5 Å². The van der Waals surface area contributed by atoms with Crippen LogP contribution in [-0.2, 0) is 4.79 Å². The van der Waals surface area contributed by atoms with E-state index in [4.69, 9.17) is 5.53 Å². The van der Waals surface area contributed by atoms with Gasteiger partial charge in [0.25, 0.3) is 0 Å². The number of rotatable bonds is 6. The minimum atomic E-state index is 0.171. The normalized spacial score (nSPS) is 39.6. The predicted octanol–water partition coefficient (Wildman–Crippen LogP) is 3.18. The Kier molecular flexibility index (Phi) is 5.06. The maximum Gasteiger partial charge on any atom is 0.139 e. The molecule has 20 heavy (non-hydrogen) atoms. The minimum absolute atomic E-state index is 0.171. The Morgan fingerprint density at radius 2 is 2.10 bits per heavy atom. The van der Waals surface area contributed by atoms with Gasteiger partial charge >= 0.3 is 0 Å². The molecule has 0 aromatic carbocycles. The molecule has 112 valence electrons. The Balaban J connectivity index is 1.91. The van der Waals surface area contributed by atoms with Gasteiger partial charge < -0.3 is 5.11 Å². The van der Waals surface area contributed by atoms with E-state index in [-0.39, 0.29) is 18.4 Å². The molecular weight excluding hydrogens is 254 g/mol. The van der Waals surface area contributed by atoms with Crippen molar-refractivity contribution in [2.75, 3.05) is 13.2 Å². The lowest BCUT2D eigenvalue weighted by Crippen LogP contribution is -2.24. The standard InChI is InChI=1S/C15H25N3O2/c1-9-11(8-19)7-13-10(2)12(15(20)14(9)13)5-3-4-6-17-18-16/h9-14,19H,3-8H2,1-2H3/t9-,10-,11-,12-,13+,14+/m1/s1. The molecule has 2 fully saturated rings. The van der Waals surface area contributed by atoms with Crippen LogP contribution < -0.4 is 0 Å². The minimum Gasteiger partial charge on any atom is -0.396 e. The highest BCUT2D eigenvalue weighted by Gasteiger charge is 2.54. The summed E-state index contributed by atoms with van der Waals surface area (Å²) < 4.78 is 0. The highest BCUT2D eigenvalue weighted by atomic mass is 16.3. The number of azide groups is 1. The molecule has 0 aromatic heterocycles. The number of hydrogen-bond acceptors (Lipinski definition) is 3. The summed E-state index contributed by atoms with van der Waals surface area (Å²) in [4.78, 5) is 15.4. The molecule has 0 heterocycles. The third-order valence-electron chi connectivity index (χ3n) is 5.67. The van der Waals surface area contributed by atoms with Gasteiger partial charge in [-0.1, -0.05) is 25.4 Å². The van der Waals surface area contributed by atoms with Crippen LogP contribution >= 0.6 is 0 Å². The molecule has 5 nitrogen and oxygen atoms in total. The van der Waals surface area contributed by atoms with Gasteiger partial charge in [0.2, 0.25) is 0 Å². The Morgan fingerprint density at radius 1 is 1.35 bits per heavy atom. The second-order valence-electron chi connectivity index (χ2n) is 6.55. The zero-order valence-electron chi connectivity index (χ0n) is 12.4. The largest absolute Gasteiger partial charge is 0.396 e. The molecule has 0 amide bonds. The molecule has 2 aliphatic rings. The molecule has 0 radical (unpaired) electrons. The summed E-state index contributed by atoms with van der Waals surface area (Å²) in [7, 11) is 0. The summed E-state index contributed by atoms with van der Waals surface area (Å²) in [6.07, 6.45) is 3.75. The monoisotopic (exact) mass is 279 g/mol. The van der Waals surface area contributed by atoms with Gasteiger partial charge in [-0.3, -0.25) is 4.79 Å². The molecule has 2 rings (SSSR count). The molecule has 2 aliphatic carbocycles. The van der Waals surface area contributed by atoms with Crippen LogP contribution in [0.4, 0.5) is 0 Å². The second kappa shape index (κ2) is 6.59. The van der Waals surface area contributed by atoms with E-state index in [1.165, 1.54) is 0 Å². The topological polar surface area (TPSA) is 86.1 Å². The van der Waals surface area contributed by atoms with Crippen molar-refractivity contribution >= 4 is 5.78 Å². The number of Topliss-reactive ketones (excluding diaryl/α,β-unsaturated/α-hetero) is 1. The average Bonchev–Trinajstić information content (AvgIpc) is 2.89. The molecule has 6 atom stereocenters. The fourth-order valence-electron chi connectivity index (χ4n) is 4.45. The summed E-state index contributed by atoms with van der Waals surface area (Å²) >= 11 is 0. The highest BCUT2D eigenvalue weighted by Crippen LogP contribution is 2.54. The molecule has 0 bridgehead atoms. The van der Waals surface area contributed by atoms with E-state index in [0.29, 0.717) is 36.0 Å². The fourth-order valence-corrected chi connectivity index (χ4v) is 4.45. The van der Waals surface area contributed by atoms with Crippen molar-refractivity contribution in [1.29, 1.82) is 0 Å². The summed E-state index contributed by atoms with van der Waals surface area (Å²) in [5.41, 5.74) is 8.23. The number of hydrogen-bond donors (Lipinski definition) is 1. The van der Waals surface area contributed by atoms with Gasteiger partial charge in [0.1, 0.15) is 5.78 Å². The molecule has 1 N–H and O–H groups in total. The van der Waals surface area contributed by atoms with Gasteiger partial charge in [0, 0.05) is 29.9 Å². The number of nitrogens with zero attached hydrogens (tertiary/aromatic N) is 3. The third kappa shape index (κ3) is 2.70. The molecule has 0 aliphatic heterocycles. The van der Waals surface area contributed by atoms with E-state index in [1.54, 1.807) is 0 Å².